The number of allylic oxidation sites excluding steroid dienone is 4. The molecular formula is C36H24N4. The molecule has 9 rings (SSSR count). The number of hydrogen-bond donors (Lipinski definition) is 2. The molecule has 0 saturated heterocycles. The smallest absolute Gasteiger partial charge is 0.0737 e. The van der Waals surface area contributed by atoms with Crippen molar-refractivity contribution in [1.82, 2.24) is 10.3 Å². The number of hydrogen-bond acceptors (Lipinski definition) is 3. The molecule has 1 aromatic heterocycles. The van der Waals surface area contributed by atoms with Crippen LogP contribution in [0.15, 0.2) is 131 Å². The number of aromatic amines is 1. The monoisotopic (exact) mass is 512 g/mol. The zero-order valence-corrected chi connectivity index (χ0v) is 21.6. The third-order valence-electron chi connectivity index (χ3n) is 8.48. The number of H-pyrrole nitrogens is 1. The predicted molar refractivity (Wildman–Crippen MR) is 164 cm³/mol. The standard InChI is InChI=1S/C36H24N4/c1-2-10-22-21(9-1)29-17-31-23-11-3-4-12-24(23)33(38-31)19-35-27-15-7-8-16-28(27)36(40-35)20-34-26-14-6-5-13-25(26)32(39-34)18-30(22)37-29/h1-21,29,37,40H/t21-,29?/m0/s1. The quantitative estimate of drug-likeness (QED) is 0.326. The molecule has 4 aliphatic heterocycles. The Labute approximate surface area is 231 Å². The lowest BCUT2D eigenvalue weighted by Gasteiger charge is -2.17. The van der Waals surface area contributed by atoms with Crippen LogP contribution in [-0.4, -0.2) is 22.4 Å². The molecule has 5 aliphatic rings. The summed E-state index contributed by atoms with van der Waals surface area (Å²) in [6.07, 6.45) is 17.7. The molecule has 0 amide bonds. The van der Waals surface area contributed by atoms with Crippen LogP contribution in [0.1, 0.15) is 22.3 Å². The highest BCUT2D eigenvalue weighted by molar-refractivity contribution is 6.28. The highest BCUT2D eigenvalue weighted by Crippen LogP contribution is 2.38. The summed E-state index contributed by atoms with van der Waals surface area (Å²) in [6.45, 7) is 0. The number of nitrogens with one attached hydrogen (secondary N) is 2. The number of rotatable bonds is 0. The van der Waals surface area contributed by atoms with Crippen molar-refractivity contribution in [2.75, 3.05) is 0 Å². The largest absolute Gasteiger partial charge is 0.378 e. The van der Waals surface area contributed by atoms with Crippen molar-refractivity contribution in [2.24, 2.45) is 15.9 Å². The summed E-state index contributed by atoms with van der Waals surface area (Å²) in [7, 11) is 0. The summed E-state index contributed by atoms with van der Waals surface area (Å²) in [5, 5.41) is 8.28. The third kappa shape index (κ3) is 3.13. The van der Waals surface area contributed by atoms with Gasteiger partial charge in [0.1, 0.15) is 0 Å². The zero-order chi connectivity index (χ0) is 26.2. The molecule has 4 nitrogen and oxygen atoms in total. The third-order valence-corrected chi connectivity index (χ3v) is 8.48. The minimum absolute atomic E-state index is 0.0895. The van der Waals surface area contributed by atoms with Crippen LogP contribution in [0.3, 0.4) is 0 Å². The van der Waals surface area contributed by atoms with Crippen LogP contribution >= 0.6 is 0 Å². The van der Waals surface area contributed by atoms with E-state index in [1.54, 1.807) is 0 Å². The van der Waals surface area contributed by atoms with Crippen LogP contribution in [0.5, 0.6) is 0 Å². The first-order valence-electron chi connectivity index (χ1n) is 13.8. The normalized spacial score (nSPS) is 21.4. The van der Waals surface area contributed by atoms with Crippen molar-refractivity contribution >= 4 is 45.7 Å². The molecule has 0 saturated carbocycles. The maximum absolute atomic E-state index is 5.21. The molecule has 0 spiro atoms. The molecule has 2 N–H and O–H groups in total. The average Bonchev–Trinajstić information content (AvgIpc) is 3.73. The molecule has 1 aliphatic carbocycles. The van der Waals surface area contributed by atoms with E-state index in [0.29, 0.717) is 0 Å². The minimum Gasteiger partial charge on any atom is -0.378 e. The lowest BCUT2D eigenvalue weighted by Crippen LogP contribution is -2.26. The molecule has 4 aromatic rings. The van der Waals surface area contributed by atoms with Crippen LogP contribution < -0.4 is 16.0 Å². The first kappa shape index (κ1) is 21.7. The second-order valence-corrected chi connectivity index (χ2v) is 10.8. The second-order valence-electron chi connectivity index (χ2n) is 10.8. The van der Waals surface area contributed by atoms with Gasteiger partial charge in [-0.25, -0.2) is 9.98 Å². The van der Waals surface area contributed by atoms with Crippen LogP contribution in [-0.2, 0) is 0 Å². The van der Waals surface area contributed by atoms with E-state index in [1.165, 1.54) is 21.9 Å². The Bertz CT molecular complexity index is 2140. The number of nitrogens with zero attached hydrogens (tertiary/aromatic N) is 2. The predicted octanol–water partition coefficient (Wildman–Crippen LogP) is 5.40. The van der Waals surface area contributed by atoms with Gasteiger partial charge in [0.25, 0.3) is 0 Å². The summed E-state index contributed by atoms with van der Waals surface area (Å²) in [6, 6.07) is 25.7. The van der Waals surface area contributed by atoms with Gasteiger partial charge in [0.2, 0.25) is 0 Å². The highest BCUT2D eigenvalue weighted by Gasteiger charge is 2.32. The number of aliphatic imine (C=N–C) groups is 2. The SMILES string of the molecule is C1=CC2=C3C=C4N=C(C=c5[nH]c(c6ccccc56)=CC5=NC(=CC(N3)[C@H]2C=C1)c1ccccc15)c1ccccc14. The van der Waals surface area contributed by atoms with E-state index in [0.717, 1.165) is 55.9 Å². The van der Waals surface area contributed by atoms with Crippen molar-refractivity contribution < 1.29 is 0 Å². The molecule has 8 bridgehead atoms. The van der Waals surface area contributed by atoms with Gasteiger partial charge in [-0.1, -0.05) is 97.1 Å². The van der Waals surface area contributed by atoms with Crippen LogP contribution in [0.25, 0.3) is 34.3 Å². The van der Waals surface area contributed by atoms with Crippen molar-refractivity contribution in [1.29, 1.82) is 0 Å². The van der Waals surface area contributed by atoms with E-state index < -0.39 is 0 Å². The molecule has 40 heavy (non-hydrogen) atoms. The fourth-order valence-electron chi connectivity index (χ4n) is 6.62. The molecule has 1 unspecified atom stereocenters. The van der Waals surface area contributed by atoms with Gasteiger partial charge in [-0.05, 0) is 29.9 Å². The van der Waals surface area contributed by atoms with Gasteiger partial charge in [-0.3, -0.25) is 0 Å². The van der Waals surface area contributed by atoms with Crippen LogP contribution in [0.4, 0.5) is 0 Å². The van der Waals surface area contributed by atoms with Crippen LogP contribution in [0.2, 0.25) is 0 Å². The van der Waals surface area contributed by atoms with E-state index in [9.17, 15) is 0 Å². The molecule has 5 heterocycles. The van der Waals surface area contributed by atoms with Crippen molar-refractivity contribution in [2.45, 2.75) is 6.04 Å². The zero-order valence-electron chi connectivity index (χ0n) is 21.6. The molecule has 2 atom stereocenters. The molecule has 3 aromatic carbocycles. The Balaban J connectivity index is 1.38. The topological polar surface area (TPSA) is 52.5 Å². The molecule has 4 heteroatoms. The Hall–Kier alpha value is -5.22. The summed E-state index contributed by atoms with van der Waals surface area (Å²) >= 11 is 0. The maximum atomic E-state index is 5.21. The van der Waals surface area contributed by atoms with Gasteiger partial charge in [0, 0.05) is 55.3 Å². The van der Waals surface area contributed by atoms with E-state index in [4.69, 9.17) is 9.98 Å². The van der Waals surface area contributed by atoms with Gasteiger partial charge in [0.05, 0.1) is 28.9 Å². The van der Waals surface area contributed by atoms with Crippen molar-refractivity contribution in [3.8, 4) is 0 Å². The maximum Gasteiger partial charge on any atom is 0.0737 e. The van der Waals surface area contributed by atoms with Crippen molar-refractivity contribution in [3.63, 3.8) is 0 Å². The number of benzene rings is 3. The Morgan fingerprint density at radius 1 is 0.600 bits per heavy atom. The van der Waals surface area contributed by atoms with Gasteiger partial charge in [-0.15, -0.1) is 0 Å². The molecule has 0 radical (unpaired) electrons. The second kappa shape index (κ2) is 8.14. The number of aromatic nitrogens is 1. The lowest BCUT2D eigenvalue weighted by atomic mass is 9.89. The Morgan fingerprint density at radius 3 is 1.90 bits per heavy atom. The summed E-state index contributed by atoms with van der Waals surface area (Å²) in [4.78, 5) is 14.1. The highest BCUT2D eigenvalue weighted by atomic mass is 15.0. The summed E-state index contributed by atoms with van der Waals surface area (Å²) in [5.41, 5.74) is 11.0. The van der Waals surface area contributed by atoms with Gasteiger partial charge >= 0.3 is 0 Å². The molecular weight excluding hydrogens is 488 g/mol. The van der Waals surface area contributed by atoms with Gasteiger partial charge in [0.15, 0.2) is 0 Å². The van der Waals surface area contributed by atoms with Crippen LogP contribution in [0, 0.1) is 5.92 Å². The minimum atomic E-state index is 0.0895. The Morgan fingerprint density at radius 2 is 1.20 bits per heavy atom. The Kier molecular flexibility index (Phi) is 4.41. The first-order valence-corrected chi connectivity index (χ1v) is 13.8. The molecule has 0 fully saturated rings. The summed E-state index contributed by atoms with van der Waals surface area (Å²) in [5.74, 6) is 0.233. The first-order chi connectivity index (χ1) is 19.8. The molecule has 188 valence electrons. The van der Waals surface area contributed by atoms with E-state index in [2.05, 4.69) is 132 Å². The van der Waals surface area contributed by atoms with Gasteiger partial charge in [-0.2, -0.15) is 0 Å². The van der Waals surface area contributed by atoms with Crippen molar-refractivity contribution in [3.05, 3.63) is 153 Å². The average molecular weight is 513 g/mol. The van der Waals surface area contributed by atoms with E-state index in [1.807, 2.05) is 0 Å². The fraction of sp³-hybridized carbons (Fsp3) is 0.0556. The van der Waals surface area contributed by atoms with E-state index in [-0.39, 0.29) is 12.0 Å². The summed E-state index contributed by atoms with van der Waals surface area (Å²) < 4.78 is 0. The number of fused-ring (bicyclic) bond motifs is 17. The van der Waals surface area contributed by atoms with Gasteiger partial charge < -0.3 is 10.3 Å². The van der Waals surface area contributed by atoms with E-state index >= 15 is 0 Å². The lowest BCUT2D eigenvalue weighted by molar-refractivity contribution is 0.638. The fourth-order valence-corrected chi connectivity index (χ4v) is 6.62.